The van der Waals surface area contributed by atoms with Crippen LogP contribution in [-0.2, 0) is 0 Å². The molecule has 0 bridgehead atoms. The molecule has 1 nitrogen and oxygen atoms in total. The Bertz CT molecular complexity index is 58.6. The molecule has 0 aromatic heterocycles. The first-order valence-electron chi connectivity index (χ1n) is 2.69. The molecule has 6 heteroatoms. The molecule has 0 saturated carbocycles. The van der Waals surface area contributed by atoms with Gasteiger partial charge in [-0.05, 0) is 0 Å². The Labute approximate surface area is 64.6 Å². The van der Waals surface area contributed by atoms with Crippen molar-refractivity contribution < 1.29 is 13.7 Å². The van der Waals surface area contributed by atoms with E-state index in [1.807, 2.05) is 0 Å². The van der Waals surface area contributed by atoms with Crippen LogP contribution in [0.15, 0.2) is 0 Å². The van der Waals surface area contributed by atoms with Crippen LogP contribution in [0.1, 0.15) is 0 Å². The van der Waals surface area contributed by atoms with Crippen LogP contribution in [0.5, 0.6) is 0 Å². The van der Waals surface area contributed by atoms with Gasteiger partial charge in [-0.2, -0.15) is 0 Å². The van der Waals surface area contributed by atoms with Gasteiger partial charge in [0.25, 0.3) is 0 Å². The predicted octanol–water partition coefficient (Wildman–Crippen LogP) is 0.892. The SMILES string of the molecule is OB(F)F.[Li][Si](C)(C)C. The van der Waals surface area contributed by atoms with Crippen molar-refractivity contribution >= 4 is 30.9 Å². The Balaban J connectivity index is 0. The van der Waals surface area contributed by atoms with Gasteiger partial charge in [0.05, 0.1) is 0 Å². The van der Waals surface area contributed by atoms with Crippen LogP contribution in [-0.4, -0.2) is 35.9 Å². The van der Waals surface area contributed by atoms with Crippen LogP contribution in [0.3, 0.4) is 0 Å². The van der Waals surface area contributed by atoms with Gasteiger partial charge in [-0.15, -0.1) is 0 Å². The fraction of sp³-hybridized carbons (Fsp3) is 1.00. The summed E-state index contributed by atoms with van der Waals surface area (Å²) in [6.07, 6.45) is -0.611. The molecule has 0 aliphatic rings. The van der Waals surface area contributed by atoms with Crippen molar-refractivity contribution in [3.05, 3.63) is 0 Å². The van der Waals surface area contributed by atoms with E-state index < -0.39 is 13.9 Å². The third-order valence-electron chi connectivity index (χ3n) is 0. The second kappa shape index (κ2) is 5.48. The molecule has 0 aliphatic carbocycles. The number of hydrogen-bond acceptors (Lipinski definition) is 1. The first-order valence-corrected chi connectivity index (χ1v) is 6.69. The summed E-state index contributed by atoms with van der Waals surface area (Å²) in [4.78, 5) is 0. The van der Waals surface area contributed by atoms with Gasteiger partial charge in [0.2, 0.25) is 0 Å². The Kier molecular flexibility index (Phi) is 7.54. The number of halogens is 2. The Morgan fingerprint density at radius 1 is 1.33 bits per heavy atom. The maximum absolute atomic E-state index is 9.89. The van der Waals surface area contributed by atoms with Crippen molar-refractivity contribution in [2.75, 3.05) is 0 Å². The van der Waals surface area contributed by atoms with Gasteiger partial charge < -0.3 is 5.02 Å². The van der Waals surface area contributed by atoms with Gasteiger partial charge in [-0.1, -0.05) is 0 Å². The van der Waals surface area contributed by atoms with Gasteiger partial charge in [0.1, 0.15) is 0 Å². The Morgan fingerprint density at radius 2 is 1.33 bits per heavy atom. The van der Waals surface area contributed by atoms with Gasteiger partial charge in [-0.25, -0.2) is 0 Å². The van der Waals surface area contributed by atoms with Crippen molar-refractivity contribution in [2.24, 2.45) is 0 Å². The molecule has 0 aromatic rings. The van der Waals surface area contributed by atoms with E-state index in [0.29, 0.717) is 0 Å². The molecule has 50 valence electrons. The first-order chi connectivity index (χ1) is 3.73. The summed E-state index contributed by atoms with van der Waals surface area (Å²) in [7, 11) is -3.17. The summed E-state index contributed by atoms with van der Waals surface area (Å²) >= 11 is 2.33. The van der Waals surface area contributed by atoms with Crippen LogP contribution >= 0.6 is 0 Å². The summed E-state index contributed by atoms with van der Waals surface area (Å²) in [6.45, 7) is 6.98. The van der Waals surface area contributed by atoms with Crippen LogP contribution in [0.4, 0.5) is 8.63 Å². The zero-order valence-electron chi connectivity index (χ0n) is 6.28. The molecule has 9 heavy (non-hydrogen) atoms. The average Bonchev–Trinajstić information content (AvgIpc) is 1.19. The average molecular weight is 146 g/mol. The molecule has 0 spiro atoms. The Hall–Kier alpha value is 0.699. The molecule has 0 rings (SSSR count). The van der Waals surface area contributed by atoms with E-state index >= 15 is 0 Å². The Morgan fingerprint density at radius 3 is 1.33 bits per heavy atom. The number of rotatable bonds is 0. The van der Waals surface area contributed by atoms with Gasteiger partial charge in [-0.3, -0.25) is 8.63 Å². The normalized spacial score (nSPS) is 9.78. The summed E-state index contributed by atoms with van der Waals surface area (Å²) in [5.74, 6) is 0. The predicted molar refractivity (Wildman–Crippen MR) is 39.3 cm³/mol. The summed E-state index contributed by atoms with van der Waals surface area (Å²) < 4.78 is 19.8. The summed E-state index contributed by atoms with van der Waals surface area (Å²) in [5.41, 5.74) is 0. The monoisotopic (exact) mass is 146 g/mol. The van der Waals surface area contributed by atoms with E-state index in [1.54, 1.807) is 0 Å². The van der Waals surface area contributed by atoms with Gasteiger partial charge >= 0.3 is 50.5 Å². The topological polar surface area (TPSA) is 20.2 Å². The third-order valence-corrected chi connectivity index (χ3v) is 0. The molecular formula is C3H10BF2LiOSi. The van der Waals surface area contributed by atoms with Crippen LogP contribution in [0.25, 0.3) is 0 Å². The second-order valence-electron chi connectivity index (χ2n) is 3.28. The molecule has 1 N–H and O–H groups in total. The molecule has 0 atom stereocenters. The molecule has 0 aromatic carbocycles. The van der Waals surface area contributed by atoms with Crippen LogP contribution in [0, 0.1) is 0 Å². The van der Waals surface area contributed by atoms with E-state index in [9.17, 15) is 8.63 Å². The fourth-order valence-corrected chi connectivity index (χ4v) is 0. The zero-order valence-corrected chi connectivity index (χ0v) is 7.28. The van der Waals surface area contributed by atoms with Crippen molar-refractivity contribution in [1.82, 2.24) is 0 Å². The zero-order chi connectivity index (χ0) is 8.08. The molecule has 0 unspecified atom stereocenters. The van der Waals surface area contributed by atoms with Crippen LogP contribution < -0.4 is 0 Å². The van der Waals surface area contributed by atoms with Crippen molar-refractivity contribution in [3.8, 4) is 0 Å². The standard InChI is InChI=1S/C3H9Si.BF2HO.Li/c1-4(2)3;2-1(3)4;/h1-3H3;4H;. The fourth-order valence-electron chi connectivity index (χ4n) is 0. The van der Waals surface area contributed by atoms with Crippen LogP contribution in [0.2, 0.25) is 19.6 Å². The minimum absolute atomic E-state index is 0.611. The summed E-state index contributed by atoms with van der Waals surface area (Å²) in [6, 6.07) is 0. The van der Waals surface area contributed by atoms with Gasteiger partial charge in [0, 0.05) is 0 Å². The van der Waals surface area contributed by atoms with Crippen molar-refractivity contribution in [2.45, 2.75) is 19.6 Å². The van der Waals surface area contributed by atoms with E-state index in [4.69, 9.17) is 5.02 Å². The molecule has 0 saturated heterocycles. The molecule has 0 amide bonds. The van der Waals surface area contributed by atoms with E-state index in [0.717, 1.165) is 0 Å². The molecular weight excluding hydrogens is 136 g/mol. The molecule has 0 fully saturated rings. The van der Waals surface area contributed by atoms with E-state index in [1.165, 1.54) is 0 Å². The summed E-state index contributed by atoms with van der Waals surface area (Å²) in [5, 5.41) is 6.72. The van der Waals surface area contributed by atoms with Crippen molar-refractivity contribution in [3.63, 3.8) is 0 Å². The molecule has 0 radical (unpaired) electrons. The van der Waals surface area contributed by atoms with E-state index in [2.05, 4.69) is 36.7 Å². The number of hydrogen-bond donors (Lipinski definition) is 1. The van der Waals surface area contributed by atoms with Crippen molar-refractivity contribution in [1.29, 1.82) is 0 Å². The van der Waals surface area contributed by atoms with E-state index in [-0.39, 0.29) is 0 Å². The third kappa shape index (κ3) is 799. The maximum atomic E-state index is 9.89. The van der Waals surface area contributed by atoms with Gasteiger partial charge in [0.15, 0.2) is 0 Å². The second-order valence-corrected chi connectivity index (χ2v) is 9.28. The first kappa shape index (κ1) is 12.4. The minimum atomic E-state index is -3.17. The molecule has 0 aliphatic heterocycles. The molecule has 0 heterocycles. The quantitative estimate of drug-likeness (QED) is 0.503.